The van der Waals surface area contributed by atoms with Crippen LogP contribution in [0.2, 0.25) is 5.02 Å². The standard InChI is InChI=1S/C23H21BClN5OS/c24-18-13-27-30-21(11-20(28-22(18)30)17-3-1-2-4-19(17)25)26-12-15-5-8-29(9-6-15)23(31)16-7-10-32-14-16/h1-4,7,10-11,13-15,26H,5-6,8-9,12H2. The Balaban J connectivity index is 1.31. The maximum Gasteiger partial charge on any atom is 0.254 e. The summed E-state index contributed by atoms with van der Waals surface area (Å²) < 4.78 is 1.73. The van der Waals surface area contributed by atoms with Crippen molar-refractivity contribution in [1.29, 1.82) is 0 Å². The molecule has 0 unspecified atom stereocenters. The van der Waals surface area contributed by atoms with Crippen molar-refractivity contribution < 1.29 is 4.79 Å². The average Bonchev–Trinajstić information content (AvgIpc) is 3.48. The van der Waals surface area contributed by atoms with Crippen LogP contribution in [0.1, 0.15) is 23.2 Å². The first-order valence-electron chi connectivity index (χ1n) is 10.5. The van der Waals surface area contributed by atoms with Crippen LogP contribution in [0.4, 0.5) is 5.82 Å². The molecule has 0 spiro atoms. The van der Waals surface area contributed by atoms with E-state index in [-0.39, 0.29) is 5.91 Å². The maximum absolute atomic E-state index is 12.6. The summed E-state index contributed by atoms with van der Waals surface area (Å²) in [6.07, 6.45) is 3.52. The minimum atomic E-state index is 0.130. The van der Waals surface area contributed by atoms with Crippen molar-refractivity contribution in [2.45, 2.75) is 12.8 Å². The second-order valence-corrected chi connectivity index (χ2v) is 9.16. The van der Waals surface area contributed by atoms with Crippen molar-refractivity contribution in [3.63, 3.8) is 0 Å². The Bertz CT molecular complexity index is 1250. The van der Waals surface area contributed by atoms with Crippen molar-refractivity contribution >= 4 is 53.6 Å². The normalized spacial score (nSPS) is 14.7. The molecule has 1 fully saturated rings. The number of benzene rings is 1. The van der Waals surface area contributed by atoms with E-state index in [1.165, 1.54) is 0 Å². The Morgan fingerprint density at radius 1 is 1.25 bits per heavy atom. The summed E-state index contributed by atoms with van der Waals surface area (Å²) in [6.45, 7) is 2.32. The lowest BCUT2D eigenvalue weighted by molar-refractivity contribution is 0.0695. The summed E-state index contributed by atoms with van der Waals surface area (Å²) >= 11 is 7.96. The molecule has 0 atom stereocenters. The van der Waals surface area contributed by atoms with Crippen LogP contribution in [0.25, 0.3) is 16.9 Å². The number of carbonyl (C=O) groups is 1. The minimum Gasteiger partial charge on any atom is -0.370 e. The van der Waals surface area contributed by atoms with Crippen molar-refractivity contribution in [2.24, 2.45) is 5.92 Å². The number of hydrogen-bond acceptors (Lipinski definition) is 5. The molecule has 1 N–H and O–H groups in total. The van der Waals surface area contributed by atoms with E-state index in [2.05, 4.69) is 15.4 Å². The van der Waals surface area contributed by atoms with E-state index >= 15 is 0 Å². The van der Waals surface area contributed by atoms with Gasteiger partial charge in [0.15, 0.2) is 5.65 Å². The quantitative estimate of drug-likeness (QED) is 0.458. The van der Waals surface area contributed by atoms with E-state index in [0.29, 0.717) is 22.1 Å². The number of fused-ring (bicyclic) bond motifs is 1. The molecular formula is C23H21BClN5OS. The van der Waals surface area contributed by atoms with E-state index < -0.39 is 0 Å². The third-order valence-corrected chi connectivity index (χ3v) is 6.90. The molecule has 32 heavy (non-hydrogen) atoms. The summed E-state index contributed by atoms with van der Waals surface area (Å²) in [5.74, 6) is 1.41. The van der Waals surface area contributed by atoms with Gasteiger partial charge < -0.3 is 10.2 Å². The fourth-order valence-corrected chi connectivity index (χ4v) is 4.93. The highest BCUT2D eigenvalue weighted by atomic mass is 35.5. The second kappa shape index (κ2) is 8.96. The van der Waals surface area contributed by atoms with Gasteiger partial charge in [-0.2, -0.15) is 21.0 Å². The molecule has 9 heteroatoms. The number of thiophene rings is 1. The van der Waals surface area contributed by atoms with E-state index in [9.17, 15) is 4.79 Å². The number of aromatic nitrogens is 3. The molecule has 5 rings (SSSR count). The van der Waals surface area contributed by atoms with Crippen LogP contribution >= 0.6 is 22.9 Å². The Morgan fingerprint density at radius 2 is 2.06 bits per heavy atom. The molecule has 1 aromatic carbocycles. The summed E-state index contributed by atoms with van der Waals surface area (Å²) in [4.78, 5) is 19.2. The van der Waals surface area contributed by atoms with Crippen LogP contribution in [-0.2, 0) is 0 Å². The molecule has 0 aliphatic carbocycles. The number of nitrogens with one attached hydrogen (secondary N) is 1. The molecule has 160 valence electrons. The molecule has 3 aromatic heterocycles. The zero-order valence-electron chi connectivity index (χ0n) is 17.4. The average molecular weight is 462 g/mol. The number of piperidine rings is 1. The van der Waals surface area contributed by atoms with Gasteiger partial charge in [0, 0.05) is 47.9 Å². The topological polar surface area (TPSA) is 62.5 Å². The number of anilines is 1. The maximum atomic E-state index is 12.6. The van der Waals surface area contributed by atoms with Gasteiger partial charge in [0.2, 0.25) is 0 Å². The SMILES string of the molecule is [B]c1cnn2c(NCC3CCN(C(=O)c4ccsc4)CC3)cc(-c3ccccc3Cl)nc12. The zero-order chi connectivity index (χ0) is 22.1. The number of nitrogens with zero attached hydrogens (tertiary/aromatic N) is 4. The molecule has 0 bridgehead atoms. The molecule has 1 saturated heterocycles. The summed E-state index contributed by atoms with van der Waals surface area (Å²) in [5, 5.41) is 12.4. The highest BCUT2D eigenvalue weighted by Gasteiger charge is 2.24. The Labute approximate surface area is 196 Å². The Morgan fingerprint density at radius 3 is 2.81 bits per heavy atom. The van der Waals surface area contributed by atoms with Gasteiger partial charge in [-0.1, -0.05) is 29.8 Å². The summed E-state index contributed by atoms with van der Waals surface area (Å²) in [6, 6.07) is 11.5. The van der Waals surface area contributed by atoms with Gasteiger partial charge in [-0.05, 0) is 41.7 Å². The minimum absolute atomic E-state index is 0.130. The number of halogens is 1. The highest BCUT2D eigenvalue weighted by Crippen LogP contribution is 2.28. The predicted molar refractivity (Wildman–Crippen MR) is 130 cm³/mol. The third-order valence-electron chi connectivity index (χ3n) is 5.89. The number of likely N-dealkylation sites (tertiary alicyclic amines) is 1. The Hall–Kier alpha value is -2.84. The van der Waals surface area contributed by atoms with Gasteiger partial charge >= 0.3 is 0 Å². The first-order valence-corrected chi connectivity index (χ1v) is 11.9. The van der Waals surface area contributed by atoms with Gasteiger partial charge in [0.05, 0.1) is 11.3 Å². The van der Waals surface area contributed by atoms with Gasteiger partial charge in [-0.25, -0.2) is 4.98 Å². The summed E-state index contributed by atoms with van der Waals surface area (Å²) in [7, 11) is 6.11. The van der Waals surface area contributed by atoms with Crippen LogP contribution in [0.15, 0.2) is 53.4 Å². The van der Waals surface area contributed by atoms with Crippen molar-refractivity contribution in [1.82, 2.24) is 19.5 Å². The van der Waals surface area contributed by atoms with Gasteiger partial charge in [-0.15, -0.1) is 0 Å². The smallest absolute Gasteiger partial charge is 0.254 e. The molecule has 6 nitrogen and oxygen atoms in total. The van der Waals surface area contributed by atoms with Crippen LogP contribution in [0.5, 0.6) is 0 Å². The van der Waals surface area contributed by atoms with Crippen LogP contribution in [-0.4, -0.2) is 52.9 Å². The van der Waals surface area contributed by atoms with Crippen molar-refractivity contribution in [3.8, 4) is 11.3 Å². The predicted octanol–water partition coefficient (Wildman–Crippen LogP) is 3.87. The van der Waals surface area contributed by atoms with E-state index in [1.807, 2.05) is 52.1 Å². The van der Waals surface area contributed by atoms with Crippen LogP contribution < -0.4 is 10.8 Å². The first kappa shape index (κ1) is 21.0. The molecule has 0 saturated carbocycles. The summed E-state index contributed by atoms with van der Waals surface area (Å²) in [5.41, 5.74) is 3.49. The van der Waals surface area contributed by atoms with Crippen molar-refractivity contribution in [3.05, 3.63) is 63.9 Å². The number of rotatable bonds is 5. The molecule has 2 radical (unpaired) electrons. The van der Waals surface area contributed by atoms with Gasteiger partial charge in [-0.3, -0.25) is 4.79 Å². The second-order valence-electron chi connectivity index (χ2n) is 7.97. The lowest BCUT2D eigenvalue weighted by Crippen LogP contribution is -2.39. The largest absolute Gasteiger partial charge is 0.370 e. The number of carbonyl (C=O) groups excluding carboxylic acids is 1. The van der Waals surface area contributed by atoms with Crippen molar-refractivity contribution in [2.75, 3.05) is 25.0 Å². The monoisotopic (exact) mass is 461 g/mol. The lowest BCUT2D eigenvalue weighted by atomic mass is 9.96. The van der Waals surface area contributed by atoms with E-state index in [1.54, 1.807) is 22.0 Å². The Kier molecular flexibility index (Phi) is 5.89. The molecule has 4 aromatic rings. The molecule has 1 amide bonds. The number of hydrogen-bond donors (Lipinski definition) is 1. The number of amides is 1. The molecule has 1 aliphatic rings. The fourth-order valence-electron chi connectivity index (χ4n) is 4.07. The van der Waals surface area contributed by atoms with Crippen LogP contribution in [0.3, 0.4) is 0 Å². The van der Waals surface area contributed by atoms with Gasteiger partial charge in [0.1, 0.15) is 13.7 Å². The zero-order valence-corrected chi connectivity index (χ0v) is 18.9. The molecular weight excluding hydrogens is 441 g/mol. The fraction of sp³-hybridized carbons (Fsp3) is 0.261. The molecule has 4 heterocycles. The first-order chi connectivity index (χ1) is 15.6. The van der Waals surface area contributed by atoms with E-state index in [0.717, 1.165) is 55.1 Å². The lowest BCUT2D eigenvalue weighted by Gasteiger charge is -2.32. The van der Waals surface area contributed by atoms with Gasteiger partial charge in [0.25, 0.3) is 5.91 Å². The van der Waals surface area contributed by atoms with E-state index in [4.69, 9.17) is 19.4 Å². The molecule has 1 aliphatic heterocycles. The highest BCUT2D eigenvalue weighted by molar-refractivity contribution is 7.08. The third kappa shape index (κ3) is 4.12. The van der Waals surface area contributed by atoms with Crippen LogP contribution in [0, 0.1) is 5.92 Å².